The molecule has 0 spiro atoms. The molecule has 1 unspecified atom stereocenters. The number of carbonyl (C=O) groups excluding carboxylic acids is 2. The Balaban J connectivity index is 1.36. The summed E-state index contributed by atoms with van der Waals surface area (Å²) in [6.45, 7) is 2.37. The van der Waals surface area contributed by atoms with Crippen LogP contribution in [0.5, 0.6) is 0 Å². The van der Waals surface area contributed by atoms with Gasteiger partial charge in [0.05, 0.1) is 36.4 Å². The van der Waals surface area contributed by atoms with E-state index >= 15 is 0 Å². The summed E-state index contributed by atoms with van der Waals surface area (Å²) in [6, 6.07) is 74.3. The molecule has 1 atom stereocenters. The molecule has 1 aliphatic carbocycles. The lowest BCUT2D eigenvalue weighted by Gasteiger charge is -2.39. The quantitative estimate of drug-likeness (QED) is 0.0747. The molecule has 5 nitrogen and oxygen atoms in total. The summed E-state index contributed by atoms with van der Waals surface area (Å²) in [6.07, 6.45) is 7.89. The van der Waals surface area contributed by atoms with Gasteiger partial charge >= 0.3 is 11.9 Å². The summed E-state index contributed by atoms with van der Waals surface area (Å²) in [5.74, 6) is -0.762. The molecule has 0 radical (unpaired) electrons. The molecule has 0 amide bonds. The number of ether oxygens (including phenoxy) is 2. The Morgan fingerprint density at radius 1 is 0.470 bits per heavy atom. The molecule has 0 saturated heterocycles. The number of aromatic nitrogens is 1. The predicted molar refractivity (Wildman–Crippen MR) is 276 cm³/mol. The molecule has 0 fully saturated rings. The van der Waals surface area contributed by atoms with Crippen LogP contribution in [0.2, 0.25) is 0 Å². The Morgan fingerprint density at radius 2 is 0.848 bits per heavy atom. The van der Waals surface area contributed by atoms with Crippen molar-refractivity contribution in [3.63, 3.8) is 0 Å². The molecule has 10 rings (SSSR count). The molecule has 66 heavy (non-hydrogen) atoms. The van der Waals surface area contributed by atoms with E-state index in [1.807, 2.05) is 12.1 Å². The second-order valence-electron chi connectivity index (χ2n) is 17.1. The third kappa shape index (κ3) is 6.99. The molecule has 1 heterocycles. The van der Waals surface area contributed by atoms with Crippen molar-refractivity contribution < 1.29 is 19.1 Å². The maximum atomic E-state index is 13.3. The maximum Gasteiger partial charge on any atom is 0.337 e. The van der Waals surface area contributed by atoms with Crippen LogP contribution >= 0.6 is 0 Å². The molecule has 0 saturated carbocycles. The second-order valence-corrected chi connectivity index (χ2v) is 24.7. The summed E-state index contributed by atoms with van der Waals surface area (Å²) in [5.41, 5.74) is 3.06. The van der Waals surface area contributed by atoms with E-state index in [0.717, 1.165) is 28.2 Å². The van der Waals surface area contributed by atoms with E-state index in [9.17, 15) is 9.59 Å². The SMILES string of the molecule is COC(=O)c1cc(C(=O)OC)cc(-n2c3ccc([Si](C4=CC=CCC4C)(c4ccccc4)c4ccccc4)cc3c3cc([Si](c4ccccc4)(c4ccccc4)c4ccccc4)ccc32)c1. The number of esters is 2. The summed E-state index contributed by atoms with van der Waals surface area (Å²) in [5, 5.41) is 12.6. The van der Waals surface area contributed by atoms with Crippen LogP contribution in [0.3, 0.4) is 0 Å². The molecule has 0 N–H and O–H groups in total. The van der Waals surface area contributed by atoms with Gasteiger partial charge in [0.1, 0.15) is 0 Å². The van der Waals surface area contributed by atoms with Crippen molar-refractivity contribution in [3.05, 3.63) is 241 Å². The van der Waals surface area contributed by atoms with Gasteiger partial charge in [-0.05, 0) is 79.0 Å². The van der Waals surface area contributed by atoms with Gasteiger partial charge in [-0.15, -0.1) is 0 Å². The van der Waals surface area contributed by atoms with Gasteiger partial charge in [-0.1, -0.05) is 206 Å². The maximum absolute atomic E-state index is 13.3. The van der Waals surface area contributed by atoms with Gasteiger partial charge in [-0.25, -0.2) is 9.59 Å². The van der Waals surface area contributed by atoms with Crippen LogP contribution in [-0.4, -0.2) is 46.9 Å². The summed E-state index contributed by atoms with van der Waals surface area (Å²) in [4.78, 5) is 26.6. The summed E-state index contributed by atoms with van der Waals surface area (Å²) < 4.78 is 12.7. The van der Waals surface area contributed by atoms with Gasteiger partial charge < -0.3 is 14.0 Å². The number of fused-ring (bicyclic) bond motifs is 3. The minimum Gasteiger partial charge on any atom is -0.465 e. The monoisotopic (exact) mass is 891 g/mol. The lowest BCUT2D eigenvalue weighted by Crippen LogP contribution is -2.74. The molecule has 8 aromatic carbocycles. The van der Waals surface area contributed by atoms with Gasteiger partial charge in [0.25, 0.3) is 0 Å². The van der Waals surface area contributed by atoms with Crippen LogP contribution in [0, 0.1) is 5.92 Å². The van der Waals surface area contributed by atoms with Crippen molar-refractivity contribution in [2.45, 2.75) is 13.3 Å². The van der Waals surface area contributed by atoms with Crippen LogP contribution in [-0.2, 0) is 9.47 Å². The average molecular weight is 892 g/mol. The van der Waals surface area contributed by atoms with Crippen molar-refractivity contribution >= 4 is 86.2 Å². The molecular formula is C59H49NO4Si2. The van der Waals surface area contributed by atoms with E-state index < -0.39 is 28.1 Å². The fourth-order valence-corrected chi connectivity index (χ4v) is 20.7. The van der Waals surface area contributed by atoms with E-state index in [4.69, 9.17) is 9.47 Å². The zero-order valence-electron chi connectivity index (χ0n) is 37.2. The van der Waals surface area contributed by atoms with E-state index in [-0.39, 0.29) is 11.1 Å². The van der Waals surface area contributed by atoms with Crippen LogP contribution in [0.25, 0.3) is 27.5 Å². The molecule has 9 aromatic rings. The Morgan fingerprint density at radius 3 is 1.23 bits per heavy atom. The normalized spacial score (nSPS) is 13.9. The first-order chi connectivity index (χ1) is 32.4. The smallest absolute Gasteiger partial charge is 0.337 e. The van der Waals surface area contributed by atoms with E-state index in [2.05, 4.69) is 218 Å². The highest BCUT2D eigenvalue weighted by molar-refractivity contribution is 7.20. The molecule has 322 valence electrons. The van der Waals surface area contributed by atoms with Crippen LogP contribution < -0.4 is 36.3 Å². The molecular weight excluding hydrogens is 843 g/mol. The third-order valence-corrected chi connectivity index (χ3v) is 23.4. The zero-order chi connectivity index (χ0) is 45.3. The largest absolute Gasteiger partial charge is 0.465 e. The molecule has 0 bridgehead atoms. The predicted octanol–water partition coefficient (Wildman–Crippen LogP) is 8.27. The van der Waals surface area contributed by atoms with Crippen molar-refractivity contribution in [2.75, 3.05) is 14.2 Å². The Labute approximate surface area is 387 Å². The van der Waals surface area contributed by atoms with E-state index in [0.29, 0.717) is 11.6 Å². The molecule has 0 aliphatic heterocycles. The Bertz CT molecular complexity index is 3120. The third-order valence-electron chi connectivity index (χ3n) is 13.5. The second kappa shape index (κ2) is 17.8. The topological polar surface area (TPSA) is 57.5 Å². The minimum absolute atomic E-state index is 0.258. The number of hydrogen-bond acceptors (Lipinski definition) is 4. The Kier molecular flexibility index (Phi) is 11.4. The standard InChI is InChI=1S/C59H49NO4Si2/c1-42-21-19-20-32-57(42)66(49-28-15-7-16-29-49,50-30-17-8-18-31-50)52-34-36-56-54(41-52)53-40-51(33-35-55(53)60(56)45-38-43(58(61)63-2)37-44(39-45)59(62)64-3)65(46-22-9-4-10-23-46,47-24-11-5-12-25-47)48-26-13-6-14-27-48/h4-20,22-42H,21H2,1-3H3. The van der Waals surface area contributed by atoms with E-state index in [1.54, 1.807) is 0 Å². The molecule has 1 aliphatic rings. The lowest BCUT2D eigenvalue weighted by atomic mass is 10.0. The van der Waals surface area contributed by atoms with Gasteiger partial charge in [-0.3, -0.25) is 0 Å². The molecule has 7 heteroatoms. The highest BCUT2D eigenvalue weighted by Crippen LogP contribution is 2.35. The average Bonchev–Trinajstić information content (AvgIpc) is 3.71. The summed E-state index contributed by atoms with van der Waals surface area (Å²) >= 11 is 0. The first kappa shape index (κ1) is 42.4. The number of allylic oxidation sites excluding steroid dienone is 4. The number of hydrogen-bond donors (Lipinski definition) is 0. The highest BCUT2D eigenvalue weighted by Gasteiger charge is 2.46. The van der Waals surface area contributed by atoms with E-state index in [1.165, 1.54) is 61.8 Å². The van der Waals surface area contributed by atoms with Crippen molar-refractivity contribution in [1.29, 1.82) is 0 Å². The van der Waals surface area contributed by atoms with Gasteiger partial charge in [0.2, 0.25) is 0 Å². The van der Waals surface area contributed by atoms with Gasteiger partial charge in [0.15, 0.2) is 16.1 Å². The Hall–Kier alpha value is -7.59. The number of methoxy groups -OCH3 is 2. The number of rotatable bonds is 11. The van der Waals surface area contributed by atoms with Crippen molar-refractivity contribution in [1.82, 2.24) is 4.57 Å². The number of benzene rings is 8. The van der Waals surface area contributed by atoms with Crippen LogP contribution in [0.15, 0.2) is 230 Å². The number of nitrogens with zero attached hydrogens (tertiary/aromatic N) is 1. The first-order valence-electron chi connectivity index (χ1n) is 22.5. The van der Waals surface area contributed by atoms with Crippen molar-refractivity contribution in [2.24, 2.45) is 5.92 Å². The first-order valence-corrected chi connectivity index (χ1v) is 26.5. The fourth-order valence-electron chi connectivity index (χ4n) is 10.7. The van der Waals surface area contributed by atoms with Gasteiger partial charge in [0, 0.05) is 16.5 Å². The van der Waals surface area contributed by atoms with Crippen molar-refractivity contribution in [3.8, 4) is 5.69 Å². The van der Waals surface area contributed by atoms with Gasteiger partial charge in [-0.2, -0.15) is 0 Å². The zero-order valence-corrected chi connectivity index (χ0v) is 39.2. The molecule has 1 aromatic heterocycles. The van der Waals surface area contributed by atoms with Crippen LogP contribution in [0.4, 0.5) is 0 Å². The number of carbonyl (C=O) groups is 2. The highest BCUT2D eigenvalue weighted by atomic mass is 28.3. The fraction of sp³-hybridized carbons (Fsp3) is 0.0847. The lowest BCUT2D eigenvalue weighted by molar-refractivity contribution is 0.0599. The summed E-state index contributed by atoms with van der Waals surface area (Å²) in [7, 11) is -3.19. The van der Waals surface area contributed by atoms with Crippen LogP contribution in [0.1, 0.15) is 34.1 Å². The minimum atomic E-state index is -2.96.